The van der Waals surface area contributed by atoms with Gasteiger partial charge in [0.15, 0.2) is 10.0 Å². The zero-order valence-electron chi connectivity index (χ0n) is 17.6. The van der Waals surface area contributed by atoms with Gasteiger partial charge in [-0.15, -0.1) is 0 Å². The number of hydrogen-bond donors (Lipinski definition) is 0. The largest absolute Gasteiger partial charge is 0.480 e. The molecular weight excluding hydrogens is 495 g/mol. The molecule has 4 rings (SSSR count). The predicted octanol–water partition coefficient (Wildman–Crippen LogP) is 2.16. The standard InChI is InChI=1S/C18H23F3NO9S2/c1-8(2)17(5-3-4-6-17)30-16(24)12-10-7-9-11(12)15(23)29-13(9)14(10)31-33(27,28)22-32(25,26)18(19,20)21/h8-14H,3-7H2,1-2H3/q-1. The first-order chi connectivity index (χ1) is 15.1. The van der Waals surface area contributed by atoms with E-state index in [0.717, 1.165) is 12.8 Å². The van der Waals surface area contributed by atoms with Crippen LogP contribution in [0.5, 0.6) is 0 Å². The first kappa shape index (κ1) is 24.7. The van der Waals surface area contributed by atoms with E-state index in [9.17, 15) is 39.6 Å². The van der Waals surface area contributed by atoms with Gasteiger partial charge >= 0.3 is 17.4 Å². The third-order valence-corrected chi connectivity index (χ3v) is 9.90. The number of sulfonamides is 1. The van der Waals surface area contributed by atoms with Crippen LogP contribution in [-0.4, -0.2) is 52.1 Å². The van der Waals surface area contributed by atoms with E-state index < -0.39 is 79.3 Å². The highest BCUT2D eigenvalue weighted by Gasteiger charge is 2.70. The maximum atomic E-state index is 13.2. The van der Waals surface area contributed by atoms with Gasteiger partial charge < -0.3 is 13.6 Å². The highest BCUT2D eigenvalue weighted by molar-refractivity contribution is 8.10. The average Bonchev–Trinajstić information content (AvgIpc) is 3.37. The predicted molar refractivity (Wildman–Crippen MR) is 103 cm³/mol. The molecule has 188 valence electrons. The number of nitrogens with zero attached hydrogens (tertiary/aromatic N) is 1. The highest BCUT2D eigenvalue weighted by atomic mass is 32.3. The Morgan fingerprint density at radius 2 is 1.76 bits per heavy atom. The molecule has 3 aliphatic carbocycles. The van der Waals surface area contributed by atoms with Crippen LogP contribution in [0.15, 0.2) is 0 Å². The molecule has 15 heteroatoms. The van der Waals surface area contributed by atoms with Crippen molar-refractivity contribution in [3.05, 3.63) is 4.13 Å². The molecule has 4 fully saturated rings. The van der Waals surface area contributed by atoms with Gasteiger partial charge in [0, 0.05) is 11.8 Å². The molecule has 6 atom stereocenters. The quantitative estimate of drug-likeness (QED) is 0.463. The second-order valence-electron chi connectivity index (χ2n) is 9.35. The molecule has 3 saturated carbocycles. The molecule has 2 bridgehead atoms. The number of carbonyl (C=O) groups is 2. The maximum absolute atomic E-state index is 13.2. The van der Waals surface area contributed by atoms with Crippen molar-refractivity contribution >= 4 is 32.3 Å². The molecule has 6 unspecified atom stereocenters. The van der Waals surface area contributed by atoms with Crippen LogP contribution in [0.1, 0.15) is 46.0 Å². The second kappa shape index (κ2) is 7.78. The number of esters is 2. The lowest BCUT2D eigenvalue weighted by Gasteiger charge is -2.37. The zero-order chi connectivity index (χ0) is 24.6. The minimum Gasteiger partial charge on any atom is -0.459 e. The summed E-state index contributed by atoms with van der Waals surface area (Å²) >= 11 is 0. The Kier molecular flexibility index (Phi) is 5.82. The van der Waals surface area contributed by atoms with Crippen LogP contribution >= 0.6 is 0 Å². The van der Waals surface area contributed by atoms with Crippen LogP contribution in [0.25, 0.3) is 4.13 Å². The number of hydrogen-bond acceptors (Lipinski definition) is 9. The molecule has 1 aliphatic heterocycles. The van der Waals surface area contributed by atoms with Gasteiger partial charge in [0.2, 0.25) is 10.3 Å². The fourth-order valence-electron chi connectivity index (χ4n) is 5.80. The summed E-state index contributed by atoms with van der Waals surface area (Å²) in [6.45, 7) is 3.81. The third kappa shape index (κ3) is 4.04. The van der Waals surface area contributed by atoms with E-state index in [2.05, 4.69) is 0 Å². The van der Waals surface area contributed by atoms with Gasteiger partial charge in [-0.05, 0) is 38.0 Å². The van der Waals surface area contributed by atoms with Crippen molar-refractivity contribution in [1.82, 2.24) is 0 Å². The Balaban J connectivity index is 1.56. The molecule has 0 N–H and O–H groups in total. The van der Waals surface area contributed by atoms with Gasteiger partial charge in [-0.2, -0.15) is 13.2 Å². The van der Waals surface area contributed by atoms with Gasteiger partial charge in [-0.1, -0.05) is 13.8 Å². The van der Waals surface area contributed by atoms with E-state index in [-0.39, 0.29) is 12.3 Å². The van der Waals surface area contributed by atoms with Gasteiger partial charge in [-0.25, -0.2) is 16.8 Å². The molecule has 0 aromatic rings. The topological polar surface area (TPSA) is 144 Å². The normalized spacial score (nSPS) is 35.3. The molecule has 0 amide bonds. The molecule has 0 radical (unpaired) electrons. The summed E-state index contributed by atoms with van der Waals surface area (Å²) in [5.41, 5.74) is -6.67. The number of alkyl halides is 3. The molecule has 0 aromatic carbocycles. The van der Waals surface area contributed by atoms with Crippen LogP contribution in [0.2, 0.25) is 0 Å². The summed E-state index contributed by atoms with van der Waals surface area (Å²) < 4.78 is 102. The van der Waals surface area contributed by atoms with Crippen LogP contribution < -0.4 is 0 Å². The van der Waals surface area contributed by atoms with Crippen molar-refractivity contribution in [3.8, 4) is 0 Å². The monoisotopic (exact) mass is 518 g/mol. The van der Waals surface area contributed by atoms with E-state index in [4.69, 9.17) is 13.7 Å². The minimum atomic E-state index is -6.39. The van der Waals surface area contributed by atoms with Gasteiger partial charge in [0.25, 0.3) is 0 Å². The van der Waals surface area contributed by atoms with E-state index >= 15 is 0 Å². The summed E-state index contributed by atoms with van der Waals surface area (Å²) in [5.74, 6) is -4.99. The Hall–Kier alpha value is -1.45. The molecule has 0 aromatic heterocycles. The lowest BCUT2D eigenvalue weighted by Crippen LogP contribution is -2.47. The lowest BCUT2D eigenvalue weighted by atomic mass is 9.78. The smallest absolute Gasteiger partial charge is 0.459 e. The summed E-state index contributed by atoms with van der Waals surface area (Å²) in [7, 11) is -12.0. The van der Waals surface area contributed by atoms with Gasteiger partial charge in [-0.3, -0.25) is 13.8 Å². The summed E-state index contributed by atoms with van der Waals surface area (Å²) in [6.07, 6.45) is 0.437. The van der Waals surface area contributed by atoms with Crippen LogP contribution in [0.3, 0.4) is 0 Å². The van der Waals surface area contributed by atoms with Crippen molar-refractivity contribution in [2.24, 2.45) is 29.6 Å². The summed E-state index contributed by atoms with van der Waals surface area (Å²) in [6, 6.07) is 0. The fraction of sp³-hybridized carbons (Fsp3) is 0.889. The molecule has 10 nitrogen and oxygen atoms in total. The Morgan fingerprint density at radius 1 is 1.15 bits per heavy atom. The van der Waals surface area contributed by atoms with Crippen molar-refractivity contribution in [2.45, 2.75) is 69.3 Å². The van der Waals surface area contributed by atoms with E-state index in [1.54, 1.807) is 0 Å². The van der Waals surface area contributed by atoms with Crippen molar-refractivity contribution in [2.75, 3.05) is 0 Å². The number of ether oxygens (including phenoxy) is 2. The molecular formula is C18H23F3NO9S2-. The fourth-order valence-corrected chi connectivity index (χ4v) is 7.77. The third-order valence-electron chi connectivity index (χ3n) is 7.34. The Bertz CT molecular complexity index is 1050. The number of halogens is 3. The van der Waals surface area contributed by atoms with Crippen molar-refractivity contribution in [3.63, 3.8) is 0 Å². The van der Waals surface area contributed by atoms with Crippen LogP contribution in [0, 0.1) is 29.6 Å². The molecule has 4 aliphatic rings. The molecule has 1 heterocycles. The number of carbonyl (C=O) groups excluding carboxylic acids is 2. The lowest BCUT2D eigenvalue weighted by molar-refractivity contribution is -0.175. The van der Waals surface area contributed by atoms with Gasteiger partial charge in [0.1, 0.15) is 17.8 Å². The highest BCUT2D eigenvalue weighted by Crippen LogP contribution is 2.60. The maximum Gasteiger partial charge on any atom is 0.480 e. The number of rotatable bonds is 7. The van der Waals surface area contributed by atoms with E-state index in [0.29, 0.717) is 12.8 Å². The second-order valence-corrected chi connectivity index (χ2v) is 12.4. The SMILES string of the molecule is CC(C)C1(OC(=O)C2C3CC4C(OC(=O)C42)C3OS(=O)(=O)[N-]S(=O)(=O)C(F)(F)F)CCCC1. The van der Waals surface area contributed by atoms with Crippen LogP contribution in [0.4, 0.5) is 13.2 Å². The Morgan fingerprint density at radius 3 is 2.30 bits per heavy atom. The van der Waals surface area contributed by atoms with Crippen molar-refractivity contribution in [1.29, 1.82) is 0 Å². The van der Waals surface area contributed by atoms with Crippen molar-refractivity contribution < 1.29 is 53.3 Å². The zero-order valence-corrected chi connectivity index (χ0v) is 19.3. The molecule has 33 heavy (non-hydrogen) atoms. The van der Waals surface area contributed by atoms with Gasteiger partial charge in [0.05, 0.1) is 11.8 Å². The first-order valence-electron chi connectivity index (χ1n) is 10.5. The summed E-state index contributed by atoms with van der Waals surface area (Å²) in [5, 5.41) is 0. The minimum absolute atomic E-state index is 0.00961. The molecule has 1 saturated heterocycles. The summed E-state index contributed by atoms with van der Waals surface area (Å²) in [4.78, 5) is 25.6. The van der Waals surface area contributed by atoms with Crippen LogP contribution in [-0.2, 0) is 43.6 Å². The first-order valence-corrected chi connectivity index (χ1v) is 13.3. The molecule has 0 spiro atoms. The Labute approximate surface area is 188 Å². The average molecular weight is 519 g/mol. The van der Waals surface area contributed by atoms with E-state index in [1.165, 1.54) is 0 Å². The number of fused-ring (bicyclic) bond motifs is 1. The van der Waals surface area contributed by atoms with E-state index in [1.807, 2.05) is 18.0 Å².